The van der Waals surface area contributed by atoms with Crippen molar-refractivity contribution in [2.45, 2.75) is 6.92 Å². The second-order valence-corrected chi connectivity index (χ2v) is 5.66. The molecule has 3 rings (SSSR count). The van der Waals surface area contributed by atoms with Crippen LogP contribution in [0.2, 0.25) is 5.02 Å². The number of ketones is 1. The van der Waals surface area contributed by atoms with Crippen molar-refractivity contribution >= 4 is 39.8 Å². The van der Waals surface area contributed by atoms with Gasteiger partial charge in [0.15, 0.2) is 10.7 Å². The Kier molecular flexibility index (Phi) is 3.42. The smallest absolute Gasteiger partial charge is 0.194 e. The van der Waals surface area contributed by atoms with Crippen LogP contribution >= 0.6 is 22.9 Å². The Hall–Kier alpha value is -1.91. The predicted molar refractivity (Wildman–Crippen MR) is 83.2 cm³/mol. The van der Waals surface area contributed by atoms with Gasteiger partial charge >= 0.3 is 0 Å². The molecule has 0 fully saturated rings. The van der Waals surface area contributed by atoms with Gasteiger partial charge in [0, 0.05) is 22.2 Å². The molecule has 0 aliphatic heterocycles. The zero-order valence-corrected chi connectivity index (χ0v) is 12.3. The van der Waals surface area contributed by atoms with Crippen molar-refractivity contribution in [2.75, 3.05) is 0 Å². The third-order valence-corrected chi connectivity index (χ3v) is 3.90. The average molecular weight is 303 g/mol. The summed E-state index contributed by atoms with van der Waals surface area (Å²) in [6.45, 7) is 1.53. The van der Waals surface area contributed by atoms with Crippen molar-refractivity contribution in [3.63, 3.8) is 0 Å². The predicted octanol–water partition coefficient (Wildman–Crippen LogP) is 4.32. The van der Waals surface area contributed by atoms with Gasteiger partial charge in [0.05, 0.1) is 11.4 Å². The molecule has 3 aromatic rings. The van der Waals surface area contributed by atoms with Crippen molar-refractivity contribution in [3.05, 3.63) is 52.6 Å². The summed E-state index contributed by atoms with van der Waals surface area (Å²) in [4.78, 5) is 16.7. The number of allylic oxidation sites excluding steroid dienone is 1. The van der Waals surface area contributed by atoms with Crippen LogP contribution in [0.1, 0.15) is 12.6 Å². The largest absolute Gasteiger partial charge is 0.295 e. The quantitative estimate of drug-likeness (QED) is 0.675. The number of benzene rings is 1. The average Bonchev–Trinajstić information content (AvgIpc) is 2.98. The fourth-order valence-electron chi connectivity index (χ4n) is 1.98. The number of carbonyl (C=O) groups excluding carboxylic acids is 1. The van der Waals surface area contributed by atoms with Gasteiger partial charge in [-0.15, -0.1) is 11.3 Å². The molecular weight excluding hydrogens is 292 g/mol. The summed E-state index contributed by atoms with van der Waals surface area (Å²) < 4.78 is 1.98. The number of hydrogen-bond donors (Lipinski definition) is 0. The van der Waals surface area contributed by atoms with Crippen LogP contribution in [0, 0.1) is 0 Å². The standard InChI is InChI=1S/C15H11ClN2OS/c1-10(19)2-7-13-14(11-3-5-12(16)6-4-11)17-15-18(13)8-9-20-15/h2-9H,1H3. The normalized spacial score (nSPS) is 11.5. The van der Waals surface area contributed by atoms with Gasteiger partial charge in [-0.1, -0.05) is 23.7 Å². The molecule has 5 heteroatoms. The highest BCUT2D eigenvalue weighted by Crippen LogP contribution is 2.28. The van der Waals surface area contributed by atoms with Crippen LogP contribution in [0.3, 0.4) is 0 Å². The molecule has 0 saturated carbocycles. The van der Waals surface area contributed by atoms with Gasteiger partial charge in [-0.25, -0.2) is 4.98 Å². The van der Waals surface area contributed by atoms with E-state index in [0.29, 0.717) is 5.02 Å². The molecule has 0 atom stereocenters. The molecule has 0 unspecified atom stereocenters. The Balaban J connectivity index is 2.18. The summed E-state index contributed by atoms with van der Waals surface area (Å²) in [5, 5.41) is 2.66. The summed E-state index contributed by atoms with van der Waals surface area (Å²) in [5.74, 6) is 0.0113. The summed E-state index contributed by atoms with van der Waals surface area (Å²) in [7, 11) is 0. The minimum atomic E-state index is 0.0113. The lowest BCUT2D eigenvalue weighted by Crippen LogP contribution is -1.87. The fourth-order valence-corrected chi connectivity index (χ4v) is 2.83. The minimum absolute atomic E-state index is 0.0113. The Morgan fingerprint density at radius 1 is 1.35 bits per heavy atom. The molecule has 20 heavy (non-hydrogen) atoms. The zero-order valence-electron chi connectivity index (χ0n) is 10.7. The molecule has 1 aromatic carbocycles. The molecule has 0 radical (unpaired) electrons. The van der Waals surface area contributed by atoms with Gasteiger partial charge < -0.3 is 0 Å². The highest BCUT2D eigenvalue weighted by Gasteiger charge is 2.12. The van der Waals surface area contributed by atoms with Crippen molar-refractivity contribution in [1.82, 2.24) is 9.38 Å². The topological polar surface area (TPSA) is 34.4 Å². The second kappa shape index (κ2) is 5.23. The van der Waals surface area contributed by atoms with Gasteiger partial charge in [0.25, 0.3) is 0 Å². The number of thiazole rings is 1. The van der Waals surface area contributed by atoms with Crippen molar-refractivity contribution in [3.8, 4) is 11.3 Å². The maximum atomic E-state index is 11.2. The highest BCUT2D eigenvalue weighted by molar-refractivity contribution is 7.15. The molecule has 0 amide bonds. The SMILES string of the molecule is CC(=O)C=Cc1c(-c2ccc(Cl)cc2)nc2sccn12. The van der Waals surface area contributed by atoms with Gasteiger partial charge in [-0.2, -0.15) is 0 Å². The van der Waals surface area contributed by atoms with Gasteiger partial charge in [-0.3, -0.25) is 9.20 Å². The van der Waals surface area contributed by atoms with E-state index in [0.717, 1.165) is 21.9 Å². The summed E-state index contributed by atoms with van der Waals surface area (Å²) in [6, 6.07) is 7.53. The molecule has 0 saturated heterocycles. The number of fused-ring (bicyclic) bond motifs is 1. The molecule has 0 bridgehead atoms. The summed E-state index contributed by atoms with van der Waals surface area (Å²) in [6.07, 6.45) is 5.31. The Labute approximate surface area is 125 Å². The third-order valence-electron chi connectivity index (χ3n) is 2.89. The van der Waals surface area contributed by atoms with Crippen LogP contribution < -0.4 is 0 Å². The van der Waals surface area contributed by atoms with E-state index in [-0.39, 0.29) is 5.78 Å². The number of aromatic nitrogens is 2. The molecule has 3 nitrogen and oxygen atoms in total. The first kappa shape index (κ1) is 13.1. The first-order valence-corrected chi connectivity index (χ1v) is 7.31. The van der Waals surface area contributed by atoms with Gasteiger partial charge in [-0.05, 0) is 31.2 Å². The van der Waals surface area contributed by atoms with Crippen LogP contribution in [0.4, 0.5) is 0 Å². The number of carbonyl (C=O) groups is 1. The molecule has 2 heterocycles. The van der Waals surface area contributed by atoms with Crippen molar-refractivity contribution in [1.29, 1.82) is 0 Å². The van der Waals surface area contributed by atoms with Crippen LogP contribution in [0.5, 0.6) is 0 Å². The molecule has 0 aliphatic carbocycles. The number of imidazole rings is 1. The van der Waals surface area contributed by atoms with Crippen LogP contribution in [0.25, 0.3) is 22.3 Å². The molecule has 0 aliphatic rings. The minimum Gasteiger partial charge on any atom is -0.295 e. The Morgan fingerprint density at radius 2 is 2.10 bits per heavy atom. The summed E-state index contributed by atoms with van der Waals surface area (Å²) >= 11 is 7.48. The summed E-state index contributed by atoms with van der Waals surface area (Å²) in [5.41, 5.74) is 2.73. The van der Waals surface area contributed by atoms with Crippen LogP contribution in [0.15, 0.2) is 41.9 Å². The van der Waals surface area contributed by atoms with E-state index < -0.39 is 0 Å². The molecule has 2 aromatic heterocycles. The van der Waals surface area contributed by atoms with E-state index in [9.17, 15) is 4.79 Å². The lowest BCUT2D eigenvalue weighted by Gasteiger charge is -2.00. The van der Waals surface area contributed by atoms with Crippen molar-refractivity contribution in [2.24, 2.45) is 0 Å². The lowest BCUT2D eigenvalue weighted by atomic mass is 10.1. The second-order valence-electron chi connectivity index (χ2n) is 4.35. The maximum absolute atomic E-state index is 11.2. The monoisotopic (exact) mass is 302 g/mol. The van der Waals surface area contributed by atoms with Crippen LogP contribution in [-0.2, 0) is 4.79 Å². The van der Waals surface area contributed by atoms with Gasteiger partial charge in [0.2, 0.25) is 0 Å². The number of halogens is 1. The van der Waals surface area contributed by atoms with Crippen LogP contribution in [-0.4, -0.2) is 15.2 Å². The fraction of sp³-hybridized carbons (Fsp3) is 0.0667. The molecule has 0 spiro atoms. The van der Waals surface area contributed by atoms with E-state index in [1.807, 2.05) is 40.2 Å². The van der Waals surface area contributed by atoms with Gasteiger partial charge in [0.1, 0.15) is 0 Å². The molecule has 100 valence electrons. The van der Waals surface area contributed by atoms with E-state index in [2.05, 4.69) is 4.98 Å². The van der Waals surface area contributed by atoms with E-state index >= 15 is 0 Å². The Morgan fingerprint density at radius 3 is 2.80 bits per heavy atom. The first-order valence-electron chi connectivity index (χ1n) is 6.05. The molecular formula is C15H11ClN2OS. The van der Waals surface area contributed by atoms with E-state index in [1.54, 1.807) is 23.5 Å². The molecule has 0 N–H and O–H groups in total. The zero-order chi connectivity index (χ0) is 14.1. The van der Waals surface area contributed by atoms with E-state index in [4.69, 9.17) is 11.6 Å². The number of nitrogens with zero attached hydrogens (tertiary/aromatic N) is 2. The highest BCUT2D eigenvalue weighted by atomic mass is 35.5. The lowest BCUT2D eigenvalue weighted by molar-refractivity contribution is -0.112. The Bertz CT molecular complexity index is 799. The first-order chi connectivity index (χ1) is 9.65. The van der Waals surface area contributed by atoms with E-state index in [1.165, 1.54) is 6.92 Å². The third kappa shape index (κ3) is 2.40. The number of rotatable bonds is 3. The van der Waals surface area contributed by atoms with Crippen molar-refractivity contribution < 1.29 is 4.79 Å². The number of hydrogen-bond acceptors (Lipinski definition) is 3. The maximum Gasteiger partial charge on any atom is 0.194 e.